The number of hydrogen-bond donors (Lipinski definition) is 0. The fraction of sp³-hybridized carbons (Fsp3) is 0.231. The molecule has 0 fully saturated rings. The summed E-state index contributed by atoms with van der Waals surface area (Å²) in [5, 5.41) is 0.956. The molecule has 90 valence electrons. The van der Waals surface area contributed by atoms with Crippen molar-refractivity contribution in [3.8, 4) is 0 Å². The van der Waals surface area contributed by atoms with E-state index in [1.165, 1.54) is 10.2 Å². The highest BCUT2D eigenvalue weighted by molar-refractivity contribution is 7.89. The summed E-state index contributed by atoms with van der Waals surface area (Å²) in [6, 6.07) is 9.44. The van der Waals surface area contributed by atoms with Gasteiger partial charge >= 0.3 is 0 Å². The highest BCUT2D eigenvalue weighted by atomic mass is 32.2. The van der Waals surface area contributed by atoms with Crippen molar-refractivity contribution >= 4 is 20.9 Å². The van der Waals surface area contributed by atoms with Gasteiger partial charge in [0.2, 0.25) is 10.0 Å². The maximum Gasteiger partial charge on any atom is 0.236 e. The quantitative estimate of drug-likeness (QED) is 0.781. The number of benzene rings is 1. The third-order valence-electron chi connectivity index (χ3n) is 2.67. The van der Waals surface area contributed by atoms with Crippen LogP contribution in [0.5, 0.6) is 0 Å². The van der Waals surface area contributed by atoms with E-state index in [9.17, 15) is 8.42 Å². The van der Waals surface area contributed by atoms with E-state index < -0.39 is 10.0 Å². The predicted molar refractivity (Wildman–Crippen MR) is 70.7 cm³/mol. The first-order valence-corrected chi connectivity index (χ1v) is 7.29. The molecule has 0 aliphatic heterocycles. The molecule has 0 saturated carbocycles. The summed E-state index contributed by atoms with van der Waals surface area (Å²) in [7, 11) is -3.26. The van der Waals surface area contributed by atoms with Crippen molar-refractivity contribution in [2.45, 2.75) is 12.8 Å². The number of fused-ring (bicyclic) bond motifs is 1. The highest BCUT2D eigenvalue weighted by Gasteiger charge is 2.15. The van der Waals surface area contributed by atoms with Crippen LogP contribution in [0, 0.1) is 0 Å². The normalized spacial score (nSPS) is 11.8. The Balaban J connectivity index is 2.70. The minimum absolute atomic E-state index is 0.686. The summed E-state index contributed by atoms with van der Waals surface area (Å²) < 4.78 is 25.1. The van der Waals surface area contributed by atoms with Gasteiger partial charge in [-0.25, -0.2) is 12.4 Å². The van der Waals surface area contributed by atoms with Gasteiger partial charge in [-0.1, -0.05) is 24.3 Å². The van der Waals surface area contributed by atoms with Crippen molar-refractivity contribution in [3.05, 3.63) is 48.7 Å². The van der Waals surface area contributed by atoms with Crippen molar-refractivity contribution < 1.29 is 8.42 Å². The standard InChI is InChI=1S/C13H15NO2S/c1-3-4-8-12-10-11-7-5-6-9-13(11)14(12)17(2,15)16/h3,5-7,9-10H,1,4,8H2,2H3. The van der Waals surface area contributed by atoms with Crippen LogP contribution < -0.4 is 0 Å². The molecular formula is C13H15NO2S. The maximum atomic E-state index is 11.8. The molecule has 0 N–H and O–H groups in total. The Morgan fingerprint density at radius 2 is 2.06 bits per heavy atom. The highest BCUT2D eigenvalue weighted by Crippen LogP contribution is 2.22. The zero-order valence-corrected chi connectivity index (χ0v) is 10.6. The van der Waals surface area contributed by atoms with Crippen molar-refractivity contribution in [2.24, 2.45) is 0 Å². The molecule has 3 nitrogen and oxygen atoms in total. The van der Waals surface area contributed by atoms with Crippen LogP contribution in [0.25, 0.3) is 10.9 Å². The van der Waals surface area contributed by atoms with Gasteiger partial charge in [0, 0.05) is 11.1 Å². The Kier molecular flexibility index (Phi) is 3.07. The van der Waals surface area contributed by atoms with Gasteiger partial charge in [-0.3, -0.25) is 0 Å². The number of nitrogens with zero attached hydrogens (tertiary/aromatic N) is 1. The van der Waals surface area contributed by atoms with E-state index in [0.29, 0.717) is 6.42 Å². The van der Waals surface area contributed by atoms with E-state index in [-0.39, 0.29) is 0 Å². The summed E-state index contributed by atoms with van der Waals surface area (Å²) in [6.07, 6.45) is 4.48. The van der Waals surface area contributed by atoms with Crippen molar-refractivity contribution in [1.82, 2.24) is 3.97 Å². The first-order chi connectivity index (χ1) is 8.04. The molecule has 4 heteroatoms. The monoisotopic (exact) mass is 249 g/mol. The minimum atomic E-state index is -3.26. The van der Waals surface area contributed by atoms with E-state index >= 15 is 0 Å². The van der Waals surface area contributed by atoms with Crippen LogP contribution >= 0.6 is 0 Å². The van der Waals surface area contributed by atoms with Gasteiger partial charge in [0.25, 0.3) is 0 Å². The molecule has 0 unspecified atom stereocenters. The third-order valence-corrected chi connectivity index (χ3v) is 3.77. The summed E-state index contributed by atoms with van der Waals surface area (Å²) in [6.45, 7) is 3.66. The fourth-order valence-corrected chi connectivity index (χ4v) is 3.10. The molecule has 17 heavy (non-hydrogen) atoms. The smallest absolute Gasteiger partial charge is 0.236 e. The van der Waals surface area contributed by atoms with Crippen LogP contribution in [0.15, 0.2) is 43.0 Å². The van der Waals surface area contributed by atoms with Crippen LogP contribution in [0.2, 0.25) is 0 Å². The lowest BCUT2D eigenvalue weighted by Crippen LogP contribution is -2.12. The average Bonchev–Trinajstić information content (AvgIpc) is 2.63. The third kappa shape index (κ3) is 2.26. The summed E-state index contributed by atoms with van der Waals surface area (Å²) in [5.41, 5.74) is 1.56. The molecule has 1 heterocycles. The Morgan fingerprint density at radius 3 is 2.71 bits per heavy atom. The Morgan fingerprint density at radius 1 is 1.35 bits per heavy atom. The second kappa shape index (κ2) is 4.37. The van der Waals surface area contributed by atoms with Crippen LogP contribution in [-0.2, 0) is 16.4 Å². The first-order valence-electron chi connectivity index (χ1n) is 5.45. The SMILES string of the molecule is C=CCCc1cc2ccccc2n1S(C)(=O)=O. The zero-order valence-electron chi connectivity index (χ0n) is 9.76. The van der Waals surface area contributed by atoms with Crippen LogP contribution in [-0.4, -0.2) is 18.6 Å². The lowest BCUT2D eigenvalue weighted by Gasteiger charge is -2.07. The second-order valence-corrected chi connectivity index (χ2v) is 5.88. The maximum absolute atomic E-state index is 11.8. The van der Waals surface area contributed by atoms with E-state index in [4.69, 9.17) is 0 Å². The molecule has 0 radical (unpaired) electrons. The Hall–Kier alpha value is -1.55. The number of hydrogen-bond acceptors (Lipinski definition) is 2. The summed E-state index contributed by atoms with van der Waals surface area (Å²) in [5.74, 6) is 0. The molecule has 2 rings (SSSR count). The van der Waals surface area contributed by atoms with E-state index in [0.717, 1.165) is 23.0 Å². The molecule has 0 amide bonds. The molecule has 0 spiro atoms. The molecule has 1 aromatic carbocycles. The topological polar surface area (TPSA) is 39.1 Å². The Labute approximate surface area is 101 Å². The average molecular weight is 249 g/mol. The van der Waals surface area contributed by atoms with Crippen molar-refractivity contribution in [2.75, 3.05) is 6.26 Å². The Bertz CT molecular complexity index is 653. The molecule has 0 aliphatic carbocycles. The molecule has 2 aromatic rings. The van der Waals surface area contributed by atoms with E-state index in [1.807, 2.05) is 30.3 Å². The molecule has 0 bridgehead atoms. The number of allylic oxidation sites excluding steroid dienone is 1. The minimum Gasteiger partial charge on any atom is -0.242 e. The van der Waals surface area contributed by atoms with Crippen LogP contribution in [0.1, 0.15) is 12.1 Å². The second-order valence-electron chi connectivity index (χ2n) is 4.05. The van der Waals surface area contributed by atoms with Gasteiger partial charge < -0.3 is 0 Å². The zero-order chi connectivity index (χ0) is 12.5. The summed E-state index contributed by atoms with van der Waals surface area (Å²) >= 11 is 0. The van der Waals surface area contributed by atoms with E-state index in [1.54, 1.807) is 6.08 Å². The van der Waals surface area contributed by atoms with Gasteiger partial charge in [-0.15, -0.1) is 6.58 Å². The van der Waals surface area contributed by atoms with Gasteiger partial charge in [-0.2, -0.15) is 0 Å². The number of aryl methyl sites for hydroxylation is 1. The van der Waals surface area contributed by atoms with Crippen LogP contribution in [0.4, 0.5) is 0 Å². The number of para-hydroxylation sites is 1. The predicted octanol–water partition coefficient (Wildman–Crippen LogP) is 2.57. The largest absolute Gasteiger partial charge is 0.242 e. The first kappa shape index (κ1) is 11.9. The summed E-state index contributed by atoms with van der Waals surface area (Å²) in [4.78, 5) is 0. The van der Waals surface area contributed by atoms with Gasteiger partial charge in [-0.05, 0) is 25.0 Å². The fourth-order valence-electron chi connectivity index (χ4n) is 2.00. The number of rotatable bonds is 4. The van der Waals surface area contributed by atoms with Gasteiger partial charge in [0.1, 0.15) is 0 Å². The van der Waals surface area contributed by atoms with Crippen LogP contribution in [0.3, 0.4) is 0 Å². The lowest BCUT2D eigenvalue weighted by molar-refractivity contribution is 0.593. The van der Waals surface area contributed by atoms with Crippen molar-refractivity contribution in [3.63, 3.8) is 0 Å². The van der Waals surface area contributed by atoms with Gasteiger partial charge in [0.05, 0.1) is 11.8 Å². The van der Waals surface area contributed by atoms with Crippen molar-refractivity contribution in [1.29, 1.82) is 0 Å². The molecule has 1 aromatic heterocycles. The van der Waals surface area contributed by atoms with Gasteiger partial charge in [0.15, 0.2) is 0 Å². The lowest BCUT2D eigenvalue weighted by atomic mass is 10.2. The molecule has 0 aliphatic rings. The molecule has 0 atom stereocenters. The molecular weight excluding hydrogens is 234 g/mol. The van der Waals surface area contributed by atoms with E-state index in [2.05, 4.69) is 6.58 Å². The number of aromatic nitrogens is 1. The molecule has 0 saturated heterocycles.